The molecule has 0 aliphatic carbocycles. The van der Waals surface area contributed by atoms with Gasteiger partial charge in [-0.15, -0.1) is 0 Å². The third-order valence-electron chi connectivity index (χ3n) is 0. The van der Waals surface area contributed by atoms with E-state index in [9.17, 15) is 0 Å². The van der Waals surface area contributed by atoms with E-state index in [0.29, 0.717) is 0 Å². The molecule has 0 amide bonds. The number of carbonyl (C=O) groups excluding carboxylic acids is 1. The quantitative estimate of drug-likeness (QED) is 0.232. The van der Waals surface area contributed by atoms with Crippen LogP contribution in [0.2, 0.25) is 0 Å². The summed E-state index contributed by atoms with van der Waals surface area (Å²) in [6.45, 7) is 0.972. The number of halogens is 1. The van der Waals surface area contributed by atoms with Gasteiger partial charge in [0.1, 0.15) is 0 Å². The summed E-state index contributed by atoms with van der Waals surface area (Å²) in [5.74, 6) is -1.08. The van der Waals surface area contributed by atoms with E-state index in [1.165, 1.54) is 0 Å². The Morgan fingerprint density at radius 2 is 0.900 bits per heavy atom. The number of hydrogen-bond acceptors (Lipinski definition) is 5. The molecule has 18 heteroatoms. The second kappa shape index (κ2) is 67.4. The molecule has 0 rings (SSSR count). The molecule has 0 bridgehead atoms. The van der Waals surface area contributed by atoms with Gasteiger partial charge in [-0.05, 0) is 6.92 Å². The maximum Gasteiger partial charge on any atom is 1.00 e. The average Bonchev–Trinajstić information content (AvgIpc) is 1.19. The molecule has 0 unspecified atom stereocenters. The fourth-order valence-corrected chi connectivity index (χ4v) is 0. The Morgan fingerprint density at radius 1 is 0.900 bits per heavy atom. The van der Waals surface area contributed by atoms with Crippen molar-refractivity contribution in [2.75, 3.05) is 0 Å². The van der Waals surface area contributed by atoms with Crippen molar-refractivity contribution in [2.24, 2.45) is 0 Å². The monoisotopic (exact) mass is 402 g/mol. The summed E-state index contributed by atoms with van der Waals surface area (Å²) in [5, 5.41) is 8.89. The van der Waals surface area contributed by atoms with Gasteiger partial charge in [0.25, 0.3) is 0 Å². The van der Waals surface area contributed by atoms with Crippen LogP contribution in [0.5, 0.6) is 0 Å². The smallest absolute Gasteiger partial charge is 1.00 e. The van der Waals surface area contributed by atoms with E-state index in [2.05, 4.69) is 0 Å². The van der Waals surface area contributed by atoms with E-state index < -0.39 is 16.4 Å². The number of carbonyl (C=O) groups is 1. The van der Waals surface area contributed by atoms with E-state index in [4.69, 9.17) is 27.4 Å². The largest absolute Gasteiger partial charge is 1.00 e. The Morgan fingerprint density at radius 3 is 0.900 bits per heavy atom. The normalized spacial score (nSPS) is 4.15. The standard InChI is InChI=1S/C2H4O2.ClH.K.2Na.H2O4S.7H2O/c1-2(3)4;;;;;1-5(2,3)4;;;;;;;/h1H3,(H,3,4);1H;;;;(H2,1,2,3,4);7*1H2/q;;3*+1;;;;;;;;/p-3. The molecule has 0 aromatic carbocycles. The maximum atomic E-state index is 8.89. The number of carboxylic acid groups (broad SMARTS) is 1. The van der Waals surface area contributed by atoms with E-state index in [0.717, 1.165) is 6.92 Å². The molecule has 0 saturated heterocycles. The van der Waals surface area contributed by atoms with Crippen LogP contribution in [0.25, 0.3) is 0 Å². The van der Waals surface area contributed by atoms with Gasteiger partial charge >= 0.3 is 110 Å². The molecule has 0 atom stereocenters. The first kappa shape index (κ1) is 111. The zero-order valence-corrected chi connectivity index (χ0v) is 20.0. The number of hydrogen-bond donors (Lipinski definition) is 1. The van der Waals surface area contributed by atoms with Crippen LogP contribution in [0.1, 0.15) is 6.92 Å². The van der Waals surface area contributed by atoms with Crippen LogP contribution in [-0.2, 0) is 15.2 Å². The van der Waals surface area contributed by atoms with Crippen LogP contribution in [0, 0.1) is 0 Å². The van der Waals surface area contributed by atoms with Gasteiger partial charge in [-0.1, -0.05) is 0 Å². The van der Waals surface area contributed by atoms with Gasteiger partial charge in [0.05, 0.1) is 0 Å². The molecule has 0 aromatic heterocycles. The van der Waals surface area contributed by atoms with Gasteiger partial charge < -0.3 is 65.2 Å². The molecule has 20 heavy (non-hydrogen) atoms. The third-order valence-corrected chi connectivity index (χ3v) is 0. The van der Waals surface area contributed by atoms with Gasteiger partial charge in [-0.2, -0.15) is 0 Å². The Labute approximate surface area is 208 Å². The number of aliphatic carboxylic acids is 1. The first-order valence-corrected chi connectivity index (χ1v) is 2.96. The zero-order valence-electron chi connectivity index (χ0n) is 11.3. The van der Waals surface area contributed by atoms with Crippen molar-refractivity contribution in [1.29, 1.82) is 0 Å². The van der Waals surface area contributed by atoms with Gasteiger partial charge in [0.15, 0.2) is 0 Å². The van der Waals surface area contributed by atoms with Gasteiger partial charge in [0.2, 0.25) is 10.4 Å². The Bertz CT molecular complexity index is 177. The Balaban J connectivity index is -0.00000000289. The predicted octanol–water partition coefficient (Wildman–Crippen LogP) is -20.0. The van der Waals surface area contributed by atoms with Crippen molar-refractivity contribution in [3.63, 3.8) is 0 Å². The molecule has 0 spiro atoms. The molecular weight excluding hydrogens is 385 g/mol. The summed E-state index contributed by atoms with van der Waals surface area (Å²) < 4.78 is 32.8. The number of carboxylic acids is 1. The molecule has 0 aromatic rings. The SMILES string of the molecule is CC(=O)[O-].O.O.O.O.O.O.O.O=S(=O)([O-])O.[Cl-].[K+].[Na+].[Na+]. The molecule has 13 nitrogen and oxygen atoms in total. The summed E-state index contributed by atoms with van der Waals surface area (Å²) in [7, 11) is -4.92. The van der Waals surface area contributed by atoms with Gasteiger partial charge in [-0.25, -0.2) is 8.42 Å². The van der Waals surface area contributed by atoms with Crippen LogP contribution in [-0.4, -0.2) is 61.8 Å². The summed E-state index contributed by atoms with van der Waals surface area (Å²) in [6, 6.07) is 0. The zero-order chi connectivity index (χ0) is 8.08. The van der Waals surface area contributed by atoms with Gasteiger partial charge in [-0.3, -0.25) is 4.55 Å². The molecular formula is C2H18ClKNa2O13S. The summed E-state index contributed by atoms with van der Waals surface area (Å²) in [5.41, 5.74) is 0. The predicted molar refractivity (Wildman–Crippen MR) is 48.3 cm³/mol. The molecule has 0 aliphatic rings. The molecule has 0 heterocycles. The average molecular weight is 403 g/mol. The van der Waals surface area contributed by atoms with E-state index in [1.54, 1.807) is 0 Å². The van der Waals surface area contributed by atoms with Crippen LogP contribution < -0.4 is 128 Å². The topological polar surface area (TPSA) is 338 Å². The molecule has 0 saturated carbocycles. The van der Waals surface area contributed by atoms with E-state index >= 15 is 0 Å². The van der Waals surface area contributed by atoms with Crippen molar-refractivity contribution in [3.05, 3.63) is 0 Å². The Kier molecular flexibility index (Phi) is 375. The van der Waals surface area contributed by atoms with Crippen LogP contribution in [0.15, 0.2) is 0 Å². The molecule has 0 aliphatic heterocycles. The van der Waals surface area contributed by atoms with Crippen molar-refractivity contribution >= 4 is 16.4 Å². The summed E-state index contributed by atoms with van der Waals surface area (Å²) in [6.07, 6.45) is 0. The fourth-order valence-electron chi connectivity index (χ4n) is 0. The van der Waals surface area contributed by atoms with Crippen LogP contribution in [0.3, 0.4) is 0 Å². The minimum Gasteiger partial charge on any atom is -1.00 e. The Hall–Kier alpha value is 2.99. The second-order valence-corrected chi connectivity index (χ2v) is 1.77. The van der Waals surface area contributed by atoms with E-state index in [1.807, 2.05) is 0 Å². The molecule has 120 valence electrons. The van der Waals surface area contributed by atoms with Crippen molar-refractivity contribution < 1.29 is 189 Å². The van der Waals surface area contributed by atoms with Crippen LogP contribution in [0.4, 0.5) is 0 Å². The number of rotatable bonds is 0. The van der Waals surface area contributed by atoms with E-state index in [-0.39, 0.29) is 161 Å². The van der Waals surface area contributed by atoms with Crippen LogP contribution >= 0.6 is 0 Å². The first-order chi connectivity index (χ1) is 3.73. The van der Waals surface area contributed by atoms with Crippen molar-refractivity contribution in [3.8, 4) is 0 Å². The fraction of sp³-hybridized carbons (Fsp3) is 0.500. The van der Waals surface area contributed by atoms with Crippen molar-refractivity contribution in [2.45, 2.75) is 6.92 Å². The maximum absolute atomic E-state index is 8.89. The summed E-state index contributed by atoms with van der Waals surface area (Å²) in [4.78, 5) is 8.89. The van der Waals surface area contributed by atoms with Gasteiger partial charge in [0, 0.05) is 5.97 Å². The second-order valence-electron chi connectivity index (χ2n) is 0.919. The first-order valence-electron chi connectivity index (χ1n) is 1.59. The minimum absolute atomic E-state index is 0. The molecule has 0 radical (unpaired) electrons. The summed E-state index contributed by atoms with van der Waals surface area (Å²) >= 11 is 0. The third kappa shape index (κ3) is 940. The minimum atomic E-state index is -4.92. The molecule has 15 N–H and O–H groups in total. The molecule has 0 fully saturated rings. The van der Waals surface area contributed by atoms with Crippen molar-refractivity contribution in [1.82, 2.24) is 0 Å².